The highest BCUT2D eigenvalue weighted by molar-refractivity contribution is 6.04. The van der Waals surface area contributed by atoms with Gasteiger partial charge < -0.3 is 16.4 Å². The van der Waals surface area contributed by atoms with Gasteiger partial charge in [0.1, 0.15) is 6.33 Å². The molecule has 12 heteroatoms. The fraction of sp³-hybridized carbons (Fsp3) is 0.323. The predicted molar refractivity (Wildman–Crippen MR) is 159 cm³/mol. The SMILES string of the molecule is Cc1ccc(NC(=O)c2ccc(CN3CC[C@H](C(C)(C)N)C3)c(C(F)(F)F)c2)cc1Nc1nccc(-c2cncnc2)n1. The van der Waals surface area contributed by atoms with E-state index in [4.69, 9.17) is 5.73 Å². The zero-order valence-electron chi connectivity index (χ0n) is 24.1. The zero-order chi connectivity index (χ0) is 30.8. The third-order valence-corrected chi connectivity index (χ3v) is 7.65. The molecule has 1 atom stereocenters. The van der Waals surface area contributed by atoms with Gasteiger partial charge in [-0.15, -0.1) is 0 Å². The van der Waals surface area contributed by atoms with Gasteiger partial charge in [0.15, 0.2) is 0 Å². The molecule has 0 spiro atoms. The predicted octanol–water partition coefficient (Wildman–Crippen LogP) is 5.82. The molecule has 0 unspecified atom stereocenters. The molecule has 1 saturated heterocycles. The van der Waals surface area contributed by atoms with E-state index >= 15 is 0 Å². The summed E-state index contributed by atoms with van der Waals surface area (Å²) >= 11 is 0. The first kappa shape index (κ1) is 30.1. The molecule has 0 radical (unpaired) electrons. The van der Waals surface area contributed by atoms with Gasteiger partial charge in [-0.3, -0.25) is 9.69 Å². The Hall–Kier alpha value is -4.42. The summed E-state index contributed by atoms with van der Waals surface area (Å²) < 4.78 is 42.3. The Morgan fingerprint density at radius 2 is 1.86 bits per heavy atom. The van der Waals surface area contributed by atoms with Gasteiger partial charge in [-0.05, 0) is 81.1 Å². The lowest BCUT2D eigenvalue weighted by Crippen LogP contribution is -2.42. The molecule has 0 bridgehead atoms. The molecule has 1 amide bonds. The highest BCUT2D eigenvalue weighted by atomic mass is 19.4. The van der Waals surface area contributed by atoms with Crippen molar-refractivity contribution in [2.45, 2.75) is 45.5 Å². The number of anilines is 3. The highest BCUT2D eigenvalue weighted by Crippen LogP contribution is 2.35. The topological polar surface area (TPSA) is 122 Å². The summed E-state index contributed by atoms with van der Waals surface area (Å²) in [6, 6.07) is 10.6. The normalized spacial score (nSPS) is 15.8. The van der Waals surface area contributed by atoms with Crippen molar-refractivity contribution in [1.29, 1.82) is 0 Å². The smallest absolute Gasteiger partial charge is 0.325 e. The first-order valence-electron chi connectivity index (χ1n) is 13.9. The van der Waals surface area contributed by atoms with Crippen molar-refractivity contribution in [3.8, 4) is 11.3 Å². The van der Waals surface area contributed by atoms with E-state index in [0.29, 0.717) is 36.1 Å². The Morgan fingerprint density at radius 1 is 1.09 bits per heavy atom. The largest absolute Gasteiger partial charge is 0.416 e. The van der Waals surface area contributed by atoms with Crippen molar-refractivity contribution in [2.24, 2.45) is 11.7 Å². The Bertz CT molecular complexity index is 1610. The number of hydrogen-bond donors (Lipinski definition) is 3. The van der Waals surface area contributed by atoms with Crippen LogP contribution in [-0.4, -0.2) is 49.4 Å². The number of halogens is 3. The van der Waals surface area contributed by atoms with Gasteiger partial charge in [-0.2, -0.15) is 13.2 Å². The number of nitrogens with one attached hydrogen (secondary N) is 2. The number of carbonyl (C=O) groups excluding carboxylic acids is 1. The van der Waals surface area contributed by atoms with Crippen LogP contribution in [0.5, 0.6) is 0 Å². The molecule has 4 aromatic rings. The lowest BCUT2D eigenvalue weighted by atomic mass is 9.88. The number of carbonyl (C=O) groups is 1. The molecule has 1 fully saturated rings. The number of aromatic nitrogens is 4. The van der Waals surface area contributed by atoms with Crippen LogP contribution in [0, 0.1) is 12.8 Å². The number of likely N-dealkylation sites (tertiary alicyclic amines) is 1. The van der Waals surface area contributed by atoms with Crippen LogP contribution in [0.3, 0.4) is 0 Å². The summed E-state index contributed by atoms with van der Waals surface area (Å²) in [7, 11) is 0. The fourth-order valence-corrected chi connectivity index (χ4v) is 5.11. The summed E-state index contributed by atoms with van der Waals surface area (Å²) in [4.78, 5) is 31.9. The molecule has 2 aromatic carbocycles. The molecular formula is C31H33F3N8O. The molecule has 43 heavy (non-hydrogen) atoms. The minimum Gasteiger partial charge on any atom is -0.325 e. The maximum Gasteiger partial charge on any atom is 0.416 e. The van der Waals surface area contributed by atoms with E-state index in [0.717, 1.165) is 23.6 Å². The number of alkyl halides is 3. The molecule has 0 saturated carbocycles. The van der Waals surface area contributed by atoms with E-state index < -0.39 is 23.2 Å². The minimum atomic E-state index is -4.61. The van der Waals surface area contributed by atoms with Gasteiger partial charge in [-0.1, -0.05) is 12.1 Å². The molecule has 5 rings (SSSR count). The summed E-state index contributed by atoms with van der Waals surface area (Å²) in [6.45, 7) is 7.18. The van der Waals surface area contributed by atoms with E-state index in [-0.39, 0.29) is 23.6 Å². The minimum absolute atomic E-state index is 0.0883. The van der Waals surface area contributed by atoms with E-state index in [1.807, 2.05) is 25.7 Å². The van der Waals surface area contributed by atoms with Crippen molar-refractivity contribution >= 4 is 23.2 Å². The molecule has 0 aliphatic carbocycles. The maximum atomic E-state index is 14.1. The van der Waals surface area contributed by atoms with Gasteiger partial charge in [0.25, 0.3) is 5.91 Å². The van der Waals surface area contributed by atoms with Crippen LogP contribution in [0.1, 0.15) is 47.3 Å². The maximum absolute atomic E-state index is 14.1. The molecule has 3 heterocycles. The highest BCUT2D eigenvalue weighted by Gasteiger charge is 2.36. The molecule has 2 aromatic heterocycles. The van der Waals surface area contributed by atoms with Gasteiger partial charge in [0.2, 0.25) is 5.95 Å². The Kier molecular flexibility index (Phi) is 8.43. The number of rotatable bonds is 8. The van der Waals surface area contributed by atoms with Gasteiger partial charge >= 0.3 is 6.18 Å². The third kappa shape index (κ3) is 7.33. The average molecular weight is 591 g/mol. The fourth-order valence-electron chi connectivity index (χ4n) is 5.11. The quantitative estimate of drug-likeness (QED) is 0.235. The van der Waals surface area contributed by atoms with E-state index in [1.165, 1.54) is 18.5 Å². The second kappa shape index (κ2) is 12.1. The number of aryl methyl sites for hydroxylation is 1. The summed E-state index contributed by atoms with van der Waals surface area (Å²) in [5, 5.41) is 5.86. The summed E-state index contributed by atoms with van der Waals surface area (Å²) in [5.74, 6) is -0.132. The zero-order valence-corrected chi connectivity index (χ0v) is 24.1. The van der Waals surface area contributed by atoms with E-state index in [1.54, 1.807) is 42.9 Å². The molecule has 224 valence electrons. The van der Waals surface area contributed by atoms with Crippen LogP contribution in [0.25, 0.3) is 11.3 Å². The summed E-state index contributed by atoms with van der Waals surface area (Å²) in [5.41, 5.74) is 8.27. The lowest BCUT2D eigenvalue weighted by Gasteiger charge is -2.27. The van der Waals surface area contributed by atoms with Crippen LogP contribution in [0.2, 0.25) is 0 Å². The first-order chi connectivity index (χ1) is 20.4. The second-order valence-corrected chi connectivity index (χ2v) is 11.4. The first-order valence-corrected chi connectivity index (χ1v) is 13.9. The monoisotopic (exact) mass is 590 g/mol. The van der Waals surface area contributed by atoms with E-state index in [2.05, 4.69) is 30.6 Å². The van der Waals surface area contributed by atoms with Crippen molar-refractivity contribution in [3.63, 3.8) is 0 Å². The summed E-state index contributed by atoms with van der Waals surface area (Å²) in [6.07, 6.45) is 2.53. The van der Waals surface area contributed by atoms with E-state index in [9.17, 15) is 18.0 Å². The Balaban J connectivity index is 1.31. The van der Waals surface area contributed by atoms with Crippen molar-refractivity contribution in [2.75, 3.05) is 23.7 Å². The van der Waals surface area contributed by atoms with Crippen molar-refractivity contribution in [3.05, 3.63) is 89.6 Å². The molecule has 1 aliphatic rings. The van der Waals surface area contributed by atoms with Crippen LogP contribution in [0.4, 0.5) is 30.5 Å². The second-order valence-electron chi connectivity index (χ2n) is 11.4. The Labute approximate surface area is 247 Å². The van der Waals surface area contributed by atoms with Crippen LogP contribution >= 0.6 is 0 Å². The van der Waals surface area contributed by atoms with Crippen molar-refractivity contribution < 1.29 is 18.0 Å². The number of amides is 1. The molecule has 9 nitrogen and oxygen atoms in total. The van der Waals surface area contributed by atoms with Crippen LogP contribution in [0.15, 0.2) is 67.4 Å². The van der Waals surface area contributed by atoms with Crippen LogP contribution in [-0.2, 0) is 12.7 Å². The number of nitrogens with two attached hydrogens (primary N) is 1. The average Bonchev–Trinajstić information content (AvgIpc) is 3.44. The third-order valence-electron chi connectivity index (χ3n) is 7.65. The van der Waals surface area contributed by atoms with Gasteiger partial charge in [0, 0.05) is 59.7 Å². The molecular weight excluding hydrogens is 557 g/mol. The molecule has 4 N–H and O–H groups in total. The molecule has 1 aliphatic heterocycles. The number of hydrogen-bond acceptors (Lipinski definition) is 8. The number of benzene rings is 2. The Morgan fingerprint density at radius 3 is 2.56 bits per heavy atom. The standard InChI is InChI=1S/C31H33F3N8O/c1-19-4-7-24(13-27(19)41-29-38-10-8-26(40-29)22-14-36-18-37-15-22)39-28(43)20-5-6-21(25(12-20)31(32,33)34)16-42-11-9-23(17-42)30(2,3)35/h4-8,10,12-15,18,23H,9,11,16-17,35H2,1-3H3,(H,39,43)(H,38,40,41)/t23-/m0/s1. The van der Waals surface area contributed by atoms with Crippen molar-refractivity contribution in [1.82, 2.24) is 24.8 Å². The lowest BCUT2D eigenvalue weighted by molar-refractivity contribution is -0.138. The van der Waals surface area contributed by atoms with Crippen LogP contribution < -0.4 is 16.4 Å². The number of nitrogens with zero attached hydrogens (tertiary/aromatic N) is 5. The van der Waals surface area contributed by atoms with Gasteiger partial charge in [-0.25, -0.2) is 19.9 Å². The van der Waals surface area contributed by atoms with Gasteiger partial charge in [0.05, 0.1) is 11.3 Å².